The van der Waals surface area contributed by atoms with Gasteiger partial charge < -0.3 is 35.1 Å². The molecule has 1 aliphatic heterocycles. The molecule has 5 atom stereocenters. The van der Waals surface area contributed by atoms with Crippen molar-refractivity contribution in [2.75, 3.05) is 39.5 Å². The number of aliphatic hydroxyl groups is 2. The number of carbonyl (C=O) groups is 2. The van der Waals surface area contributed by atoms with Crippen LogP contribution >= 0.6 is 0 Å². The number of benzene rings is 4. The van der Waals surface area contributed by atoms with Gasteiger partial charge in [-0.25, -0.2) is 4.79 Å². The number of hydrogen-bond donors (Lipinski definition) is 4. The second-order valence-electron chi connectivity index (χ2n) is 13.6. The molecule has 5 unspecified atom stereocenters. The van der Waals surface area contributed by atoms with Crippen LogP contribution in [0.15, 0.2) is 109 Å². The first-order chi connectivity index (χ1) is 25.4. The largest absolute Gasteiger partial charge is 0.492 e. The summed E-state index contributed by atoms with van der Waals surface area (Å²) in [7, 11) is 0. The maximum atomic E-state index is 14.1. The van der Waals surface area contributed by atoms with Crippen molar-refractivity contribution in [2.45, 2.75) is 56.6 Å². The number of rotatable bonds is 16. The van der Waals surface area contributed by atoms with Crippen LogP contribution in [0, 0.1) is 5.92 Å². The summed E-state index contributed by atoms with van der Waals surface area (Å²) in [6.07, 6.45) is -1.32. The highest BCUT2D eigenvalue weighted by atomic mass is 16.5. The summed E-state index contributed by atoms with van der Waals surface area (Å²) in [6, 6.07) is 33.1. The molecule has 1 saturated heterocycles. The maximum Gasteiger partial charge on any atom is 0.407 e. The molecule has 1 heterocycles. The predicted molar refractivity (Wildman–Crippen MR) is 198 cm³/mol. The summed E-state index contributed by atoms with van der Waals surface area (Å²) in [5.74, 6) is -0.218. The van der Waals surface area contributed by atoms with Crippen molar-refractivity contribution in [1.29, 1.82) is 0 Å². The van der Waals surface area contributed by atoms with Crippen LogP contribution in [0.3, 0.4) is 0 Å². The number of aliphatic hydroxyl groups excluding tert-OH is 2. The first-order valence-corrected chi connectivity index (χ1v) is 18.2. The Morgan fingerprint density at radius 3 is 2.21 bits per heavy atom. The maximum absolute atomic E-state index is 14.1. The van der Waals surface area contributed by atoms with E-state index in [1.54, 1.807) is 0 Å². The molecule has 0 spiro atoms. The lowest BCUT2D eigenvalue weighted by Gasteiger charge is -2.28. The Labute approximate surface area is 305 Å². The van der Waals surface area contributed by atoms with Crippen molar-refractivity contribution in [3.8, 4) is 5.75 Å². The zero-order valence-corrected chi connectivity index (χ0v) is 29.4. The van der Waals surface area contributed by atoms with E-state index >= 15 is 0 Å². The standard InChI is InChI=1S/C42H49N3O7/c46-38(37(26-30-9-3-1-4-10-30)43-42(49)52-29-32-11-5-2-6-12-32)28-34(41(48)44-40-36-14-8-7-13-33(36)27-39(40)47)25-31-15-17-35(18-16-31)51-24-21-45-19-22-50-23-20-45/h1-18,34,37-40,46-47H,19-29H2,(H,43,49)(H,44,48). The highest BCUT2D eigenvalue weighted by molar-refractivity contribution is 5.80. The zero-order chi connectivity index (χ0) is 36.1. The minimum atomic E-state index is -1.09. The topological polar surface area (TPSA) is 130 Å². The molecular weight excluding hydrogens is 658 g/mol. The van der Waals surface area contributed by atoms with Gasteiger partial charge in [0.05, 0.1) is 37.5 Å². The molecule has 0 aromatic heterocycles. The monoisotopic (exact) mass is 707 g/mol. The van der Waals surface area contributed by atoms with Crippen LogP contribution in [0.5, 0.6) is 5.75 Å². The third-order valence-corrected chi connectivity index (χ3v) is 9.86. The van der Waals surface area contributed by atoms with E-state index in [9.17, 15) is 19.8 Å². The zero-order valence-electron chi connectivity index (χ0n) is 29.4. The number of hydrogen-bond acceptors (Lipinski definition) is 8. The molecule has 1 aliphatic carbocycles. The van der Waals surface area contributed by atoms with E-state index in [4.69, 9.17) is 14.2 Å². The highest BCUT2D eigenvalue weighted by Gasteiger charge is 2.35. The summed E-state index contributed by atoms with van der Waals surface area (Å²) in [5.41, 5.74) is 4.56. The second-order valence-corrected chi connectivity index (χ2v) is 13.6. The van der Waals surface area contributed by atoms with Crippen molar-refractivity contribution >= 4 is 12.0 Å². The van der Waals surface area contributed by atoms with Crippen molar-refractivity contribution < 1.29 is 34.0 Å². The number of nitrogens with zero attached hydrogens (tertiary/aromatic N) is 1. The normalized spacial score (nSPS) is 18.8. The third kappa shape index (κ3) is 10.6. The summed E-state index contributed by atoms with van der Waals surface area (Å²) < 4.78 is 16.9. The molecule has 10 heteroatoms. The fourth-order valence-corrected chi connectivity index (χ4v) is 6.95. The fourth-order valence-electron chi connectivity index (χ4n) is 6.95. The van der Waals surface area contributed by atoms with Gasteiger partial charge in [-0.1, -0.05) is 97.1 Å². The van der Waals surface area contributed by atoms with Gasteiger partial charge in [0.1, 0.15) is 19.0 Å². The van der Waals surface area contributed by atoms with Crippen molar-refractivity contribution in [2.24, 2.45) is 5.92 Å². The minimum Gasteiger partial charge on any atom is -0.492 e. The summed E-state index contributed by atoms with van der Waals surface area (Å²) >= 11 is 0. The van der Waals surface area contributed by atoms with E-state index in [1.807, 2.05) is 109 Å². The quantitative estimate of drug-likeness (QED) is 0.133. The van der Waals surface area contributed by atoms with Gasteiger partial charge in [0.25, 0.3) is 0 Å². The van der Waals surface area contributed by atoms with E-state index < -0.39 is 36.3 Å². The first-order valence-electron chi connectivity index (χ1n) is 18.2. The molecule has 4 N–H and O–H groups in total. The van der Waals surface area contributed by atoms with Crippen LogP contribution < -0.4 is 15.4 Å². The number of nitrogens with one attached hydrogen (secondary N) is 2. The van der Waals surface area contributed by atoms with Crippen molar-refractivity contribution in [3.63, 3.8) is 0 Å². The lowest BCUT2D eigenvalue weighted by molar-refractivity contribution is -0.127. The predicted octanol–water partition coefficient (Wildman–Crippen LogP) is 4.62. The van der Waals surface area contributed by atoms with Crippen LogP contribution in [0.1, 0.15) is 40.3 Å². The Morgan fingerprint density at radius 2 is 1.48 bits per heavy atom. The Morgan fingerprint density at radius 1 is 0.827 bits per heavy atom. The number of ether oxygens (including phenoxy) is 3. The van der Waals surface area contributed by atoms with E-state index in [-0.39, 0.29) is 18.9 Å². The number of fused-ring (bicyclic) bond motifs is 1. The summed E-state index contributed by atoms with van der Waals surface area (Å²) in [5, 5.41) is 28.7. The number of alkyl carbamates (subject to hydrolysis) is 1. The molecule has 4 aromatic rings. The number of morpholine rings is 1. The average molecular weight is 708 g/mol. The molecular formula is C42H49N3O7. The van der Waals surface area contributed by atoms with E-state index in [2.05, 4.69) is 15.5 Å². The number of carbonyl (C=O) groups excluding carboxylic acids is 2. The molecule has 0 radical (unpaired) electrons. The molecule has 4 aromatic carbocycles. The van der Waals surface area contributed by atoms with Gasteiger partial charge in [-0.05, 0) is 59.2 Å². The Kier molecular flexibility index (Phi) is 13.3. The van der Waals surface area contributed by atoms with Crippen LogP contribution in [0.25, 0.3) is 0 Å². The van der Waals surface area contributed by atoms with Gasteiger partial charge >= 0.3 is 6.09 Å². The summed E-state index contributed by atoms with van der Waals surface area (Å²) in [4.78, 5) is 29.5. The van der Waals surface area contributed by atoms with Crippen molar-refractivity contribution in [1.82, 2.24) is 15.5 Å². The SMILES string of the molecule is O=C(NC(Cc1ccccc1)C(O)CC(Cc1ccc(OCCN2CCOCC2)cc1)C(=O)NC1c2ccccc2CC1O)OCc1ccccc1. The molecule has 2 amide bonds. The Hall–Kier alpha value is -4.74. The lowest BCUT2D eigenvalue weighted by Crippen LogP contribution is -2.47. The van der Waals surface area contributed by atoms with Crippen LogP contribution in [0.4, 0.5) is 4.79 Å². The van der Waals surface area contributed by atoms with Crippen LogP contribution in [-0.2, 0) is 40.1 Å². The number of amides is 2. The molecule has 10 nitrogen and oxygen atoms in total. The van der Waals surface area contributed by atoms with Gasteiger partial charge in [-0.3, -0.25) is 9.69 Å². The molecule has 0 saturated carbocycles. The second kappa shape index (κ2) is 18.7. The lowest BCUT2D eigenvalue weighted by atomic mass is 9.88. The smallest absolute Gasteiger partial charge is 0.407 e. The van der Waals surface area contributed by atoms with Gasteiger partial charge in [-0.2, -0.15) is 0 Å². The van der Waals surface area contributed by atoms with E-state index in [0.29, 0.717) is 25.9 Å². The van der Waals surface area contributed by atoms with E-state index in [1.165, 1.54) is 0 Å². The van der Waals surface area contributed by atoms with Crippen LogP contribution in [0.2, 0.25) is 0 Å². The highest BCUT2D eigenvalue weighted by Crippen LogP contribution is 2.32. The molecule has 6 rings (SSSR count). The van der Waals surface area contributed by atoms with Gasteiger partial charge in [-0.15, -0.1) is 0 Å². The minimum absolute atomic E-state index is 0.0601. The first kappa shape index (κ1) is 37.0. The molecule has 2 aliphatic rings. The Balaban J connectivity index is 1.16. The molecule has 0 bridgehead atoms. The summed E-state index contributed by atoms with van der Waals surface area (Å²) in [6.45, 7) is 4.75. The van der Waals surface area contributed by atoms with Gasteiger partial charge in [0.2, 0.25) is 5.91 Å². The fraction of sp³-hybridized carbons (Fsp3) is 0.381. The third-order valence-electron chi connectivity index (χ3n) is 9.86. The van der Waals surface area contributed by atoms with E-state index in [0.717, 1.165) is 66.4 Å². The average Bonchev–Trinajstić information content (AvgIpc) is 3.49. The van der Waals surface area contributed by atoms with Gasteiger partial charge in [0.15, 0.2) is 0 Å². The van der Waals surface area contributed by atoms with Crippen LogP contribution in [-0.4, -0.2) is 84.8 Å². The van der Waals surface area contributed by atoms with Crippen molar-refractivity contribution in [3.05, 3.63) is 137 Å². The van der Waals surface area contributed by atoms with Gasteiger partial charge in [0, 0.05) is 32.0 Å². The molecule has 1 fully saturated rings. The molecule has 274 valence electrons. The Bertz CT molecular complexity index is 1700. The molecule has 52 heavy (non-hydrogen) atoms.